The van der Waals surface area contributed by atoms with Crippen LogP contribution >= 0.6 is 0 Å². The number of nitrogens with two attached hydrogens (primary N) is 1. The molecule has 0 saturated heterocycles. The van der Waals surface area contributed by atoms with E-state index < -0.39 is 0 Å². The lowest BCUT2D eigenvalue weighted by atomic mass is 9.81. The van der Waals surface area contributed by atoms with Crippen LogP contribution in [-0.4, -0.2) is 52.0 Å². The number of hydrogen-bond acceptors (Lipinski definition) is 6. The summed E-state index contributed by atoms with van der Waals surface area (Å²) in [6, 6.07) is 16.2. The molecular weight excluding hydrogens is 488 g/mol. The largest absolute Gasteiger partial charge is 0.457 e. The van der Waals surface area contributed by atoms with E-state index in [-0.39, 0.29) is 24.6 Å². The molecule has 0 radical (unpaired) electrons. The van der Waals surface area contributed by atoms with Gasteiger partial charge in [-0.15, -0.1) is 0 Å². The number of rotatable bonds is 10. The molecule has 7 heteroatoms. The van der Waals surface area contributed by atoms with Crippen molar-refractivity contribution in [2.75, 3.05) is 13.2 Å². The molecule has 2 aromatic rings. The Morgan fingerprint density at radius 2 is 1.72 bits per heavy atom. The Balaban J connectivity index is 1.32. The molecule has 1 heterocycles. The Morgan fingerprint density at radius 3 is 2.44 bits per heavy atom. The summed E-state index contributed by atoms with van der Waals surface area (Å²) in [5, 5.41) is 9.70. The van der Waals surface area contributed by atoms with Gasteiger partial charge in [0, 0.05) is 37.2 Å². The minimum absolute atomic E-state index is 0.0180. The highest BCUT2D eigenvalue weighted by atomic mass is 16.5. The summed E-state index contributed by atoms with van der Waals surface area (Å²) in [5.41, 5.74) is 8.59. The molecule has 210 valence electrons. The van der Waals surface area contributed by atoms with Crippen LogP contribution in [0.15, 0.2) is 53.5 Å². The van der Waals surface area contributed by atoms with E-state index in [9.17, 15) is 9.90 Å². The first-order chi connectivity index (χ1) is 19.1. The molecule has 3 N–H and O–H groups in total. The molecule has 2 saturated carbocycles. The normalized spacial score (nSPS) is 19.2. The molecule has 3 aliphatic rings. The van der Waals surface area contributed by atoms with Gasteiger partial charge in [0.1, 0.15) is 11.5 Å². The molecule has 0 bridgehead atoms. The lowest BCUT2D eigenvalue weighted by Gasteiger charge is -2.42. The summed E-state index contributed by atoms with van der Waals surface area (Å²) in [6.07, 6.45) is 13.0. The van der Waals surface area contributed by atoms with Crippen LogP contribution in [0.2, 0.25) is 0 Å². The van der Waals surface area contributed by atoms with E-state index in [1.54, 1.807) is 0 Å². The zero-order valence-electron chi connectivity index (χ0n) is 23.1. The summed E-state index contributed by atoms with van der Waals surface area (Å²) in [5.74, 6) is 2.79. The Bertz CT molecular complexity index is 1110. The molecule has 1 amide bonds. The first-order valence-electron chi connectivity index (χ1n) is 15.0. The van der Waals surface area contributed by atoms with E-state index in [0.29, 0.717) is 31.4 Å². The number of carbonyl (C=O) groups excluding carboxylic acids is 1. The van der Waals surface area contributed by atoms with Crippen molar-refractivity contribution in [2.24, 2.45) is 16.6 Å². The summed E-state index contributed by atoms with van der Waals surface area (Å²) in [6.45, 7) is 1.11. The molecule has 0 unspecified atom stereocenters. The molecule has 1 aliphatic heterocycles. The fourth-order valence-electron chi connectivity index (χ4n) is 6.82. The van der Waals surface area contributed by atoms with Crippen molar-refractivity contribution >= 4 is 17.6 Å². The zero-order chi connectivity index (χ0) is 27.0. The van der Waals surface area contributed by atoms with Gasteiger partial charge in [0.2, 0.25) is 5.91 Å². The van der Waals surface area contributed by atoms with E-state index in [2.05, 4.69) is 11.0 Å². The predicted octanol–water partition coefficient (Wildman–Crippen LogP) is 6.12. The first-order valence-corrected chi connectivity index (χ1v) is 15.0. The Labute approximate surface area is 233 Å². The Kier molecular flexibility index (Phi) is 9.40. The summed E-state index contributed by atoms with van der Waals surface area (Å²) in [7, 11) is 0. The van der Waals surface area contributed by atoms with E-state index in [1.165, 1.54) is 38.5 Å². The highest BCUT2D eigenvalue weighted by molar-refractivity contribution is 5.84. The maximum Gasteiger partial charge on any atom is 0.222 e. The second kappa shape index (κ2) is 13.3. The quantitative estimate of drug-likeness (QED) is 0.384. The highest BCUT2D eigenvalue weighted by Gasteiger charge is 2.34. The number of guanidine groups is 1. The number of aliphatic hydroxyl groups excluding tert-OH is 1. The number of fused-ring (bicyclic) bond motifs is 1. The standard InChI is InChI=1S/C32H44N4O3/c33-32-34-29-17-16-28(39-27-14-8-3-9-15-27)22-25(29)23-36(32)30(24-10-4-1-5-11-24)18-19-31(38)35(20-21-37)26-12-6-2-7-13-26/h3,8-9,14-17,22,24,26,30,37H,1-2,4-7,10-13,18-21,23H2,(H2,33,34)/t30-/m0/s1. The lowest BCUT2D eigenvalue weighted by Crippen LogP contribution is -2.50. The third-order valence-electron chi connectivity index (χ3n) is 8.82. The number of hydrogen-bond donors (Lipinski definition) is 2. The zero-order valence-corrected chi connectivity index (χ0v) is 23.1. The number of aliphatic imine (C=N–C) groups is 1. The van der Waals surface area contributed by atoms with Gasteiger partial charge in [0.15, 0.2) is 5.96 Å². The molecule has 39 heavy (non-hydrogen) atoms. The van der Waals surface area contributed by atoms with Crippen molar-refractivity contribution in [2.45, 2.75) is 95.7 Å². The van der Waals surface area contributed by atoms with Crippen LogP contribution in [0, 0.1) is 5.92 Å². The molecule has 2 aromatic carbocycles. The minimum Gasteiger partial charge on any atom is -0.457 e. The smallest absolute Gasteiger partial charge is 0.222 e. The third kappa shape index (κ3) is 6.93. The van der Waals surface area contributed by atoms with Crippen LogP contribution in [-0.2, 0) is 11.3 Å². The molecule has 0 aromatic heterocycles. The molecule has 1 atom stereocenters. The molecule has 0 spiro atoms. The average Bonchev–Trinajstić information content (AvgIpc) is 2.98. The van der Waals surface area contributed by atoms with Gasteiger partial charge in [-0.3, -0.25) is 4.79 Å². The number of aliphatic hydroxyl groups is 1. The number of benzene rings is 2. The van der Waals surface area contributed by atoms with Crippen molar-refractivity contribution in [1.29, 1.82) is 0 Å². The topological polar surface area (TPSA) is 91.4 Å². The fourth-order valence-corrected chi connectivity index (χ4v) is 6.82. The maximum atomic E-state index is 13.5. The van der Waals surface area contributed by atoms with Crippen LogP contribution in [0.4, 0.5) is 5.69 Å². The van der Waals surface area contributed by atoms with Gasteiger partial charge in [0.05, 0.1) is 12.3 Å². The average molecular weight is 533 g/mol. The van der Waals surface area contributed by atoms with Crippen LogP contribution < -0.4 is 10.5 Å². The first kappa shape index (κ1) is 27.5. The van der Waals surface area contributed by atoms with E-state index in [4.69, 9.17) is 15.5 Å². The van der Waals surface area contributed by atoms with Gasteiger partial charge in [-0.1, -0.05) is 56.7 Å². The van der Waals surface area contributed by atoms with Gasteiger partial charge < -0.3 is 25.4 Å². The Hall–Kier alpha value is -3.06. The SMILES string of the molecule is NC1=Nc2ccc(Oc3ccccc3)cc2CN1[C@@H](CCC(=O)N(CCO)C1CCCCC1)C1CCCCC1. The van der Waals surface area contributed by atoms with E-state index in [0.717, 1.165) is 54.9 Å². The Morgan fingerprint density at radius 1 is 1.00 bits per heavy atom. The molecule has 5 rings (SSSR count). The van der Waals surface area contributed by atoms with E-state index >= 15 is 0 Å². The molecule has 2 aliphatic carbocycles. The number of ether oxygens (including phenoxy) is 1. The van der Waals surface area contributed by atoms with Gasteiger partial charge in [-0.25, -0.2) is 4.99 Å². The van der Waals surface area contributed by atoms with Crippen LogP contribution in [0.3, 0.4) is 0 Å². The van der Waals surface area contributed by atoms with Crippen molar-refractivity contribution in [3.8, 4) is 11.5 Å². The maximum absolute atomic E-state index is 13.5. The lowest BCUT2D eigenvalue weighted by molar-refractivity contribution is -0.135. The summed E-state index contributed by atoms with van der Waals surface area (Å²) < 4.78 is 6.10. The number of para-hydroxylation sites is 1. The number of nitrogens with zero attached hydrogens (tertiary/aromatic N) is 3. The minimum atomic E-state index is 0.0180. The number of carbonyl (C=O) groups is 1. The molecule has 2 fully saturated rings. The van der Waals surface area contributed by atoms with E-state index in [1.807, 2.05) is 47.4 Å². The van der Waals surface area contributed by atoms with Crippen LogP contribution in [0.25, 0.3) is 0 Å². The van der Waals surface area contributed by atoms with Crippen LogP contribution in [0.1, 0.15) is 82.6 Å². The second-order valence-electron chi connectivity index (χ2n) is 11.4. The van der Waals surface area contributed by atoms with Crippen LogP contribution in [0.5, 0.6) is 11.5 Å². The van der Waals surface area contributed by atoms with Gasteiger partial charge >= 0.3 is 0 Å². The highest BCUT2D eigenvalue weighted by Crippen LogP contribution is 2.37. The monoisotopic (exact) mass is 532 g/mol. The molecule has 7 nitrogen and oxygen atoms in total. The second-order valence-corrected chi connectivity index (χ2v) is 11.4. The van der Waals surface area contributed by atoms with Gasteiger partial charge in [-0.05, 0) is 68.4 Å². The van der Waals surface area contributed by atoms with Crippen molar-refractivity contribution < 1.29 is 14.6 Å². The predicted molar refractivity (Wildman–Crippen MR) is 155 cm³/mol. The van der Waals surface area contributed by atoms with Crippen molar-refractivity contribution in [3.05, 3.63) is 54.1 Å². The van der Waals surface area contributed by atoms with Gasteiger partial charge in [-0.2, -0.15) is 0 Å². The number of amides is 1. The summed E-state index contributed by atoms with van der Waals surface area (Å²) >= 11 is 0. The summed E-state index contributed by atoms with van der Waals surface area (Å²) in [4.78, 5) is 22.5. The van der Waals surface area contributed by atoms with Gasteiger partial charge in [0.25, 0.3) is 0 Å². The molecular formula is C32H44N4O3. The third-order valence-corrected chi connectivity index (χ3v) is 8.82. The fraction of sp³-hybridized carbons (Fsp3) is 0.562. The van der Waals surface area contributed by atoms with Crippen molar-refractivity contribution in [3.63, 3.8) is 0 Å². The van der Waals surface area contributed by atoms with Crippen molar-refractivity contribution in [1.82, 2.24) is 9.80 Å².